The molecular formula is C13H15FN2OS. The molecule has 2 aromatic rings. The summed E-state index contributed by atoms with van der Waals surface area (Å²) in [6.07, 6.45) is 1.60. The van der Waals surface area contributed by atoms with Crippen molar-refractivity contribution >= 4 is 11.8 Å². The van der Waals surface area contributed by atoms with Crippen LogP contribution in [0.15, 0.2) is 39.0 Å². The molecule has 0 saturated carbocycles. The zero-order valence-corrected chi connectivity index (χ0v) is 11.3. The number of oxazole rings is 1. The van der Waals surface area contributed by atoms with E-state index < -0.39 is 0 Å². The minimum absolute atomic E-state index is 0.0688. The van der Waals surface area contributed by atoms with E-state index in [4.69, 9.17) is 4.42 Å². The molecule has 1 heterocycles. The highest BCUT2D eigenvalue weighted by Gasteiger charge is 2.13. The first-order valence-corrected chi connectivity index (χ1v) is 6.48. The molecule has 0 saturated heterocycles. The molecule has 1 aromatic carbocycles. The molecule has 0 fully saturated rings. The van der Waals surface area contributed by atoms with E-state index in [0.717, 1.165) is 16.2 Å². The Bertz CT molecular complexity index is 542. The molecule has 0 spiro atoms. The molecular weight excluding hydrogens is 251 g/mol. The van der Waals surface area contributed by atoms with E-state index >= 15 is 0 Å². The summed E-state index contributed by atoms with van der Waals surface area (Å²) >= 11 is 1.40. The van der Waals surface area contributed by atoms with Crippen molar-refractivity contribution in [3.63, 3.8) is 0 Å². The van der Waals surface area contributed by atoms with E-state index in [9.17, 15) is 4.39 Å². The van der Waals surface area contributed by atoms with E-state index in [2.05, 4.69) is 10.3 Å². The van der Waals surface area contributed by atoms with Gasteiger partial charge in [0.25, 0.3) is 5.22 Å². The molecule has 18 heavy (non-hydrogen) atoms. The van der Waals surface area contributed by atoms with E-state index in [1.54, 1.807) is 18.4 Å². The summed E-state index contributed by atoms with van der Waals surface area (Å²) < 4.78 is 18.6. The lowest BCUT2D eigenvalue weighted by Crippen LogP contribution is -2.13. The smallest absolute Gasteiger partial charge is 0.260 e. The highest BCUT2D eigenvalue weighted by atomic mass is 32.2. The van der Waals surface area contributed by atoms with Gasteiger partial charge in [-0.25, -0.2) is 9.37 Å². The summed E-state index contributed by atoms with van der Waals surface area (Å²) in [5.41, 5.74) is 1.74. The molecule has 3 nitrogen and oxygen atoms in total. The van der Waals surface area contributed by atoms with E-state index in [1.807, 2.05) is 20.9 Å². The third kappa shape index (κ3) is 2.91. The molecule has 1 aromatic heterocycles. The van der Waals surface area contributed by atoms with Crippen LogP contribution in [0.1, 0.15) is 24.2 Å². The van der Waals surface area contributed by atoms with Gasteiger partial charge in [0.05, 0.1) is 5.69 Å². The van der Waals surface area contributed by atoms with Crippen LogP contribution < -0.4 is 5.32 Å². The van der Waals surface area contributed by atoms with Crippen molar-refractivity contribution in [2.75, 3.05) is 7.05 Å². The lowest BCUT2D eigenvalue weighted by atomic mass is 10.1. The minimum atomic E-state index is -0.236. The zero-order valence-electron chi connectivity index (χ0n) is 10.5. The Morgan fingerprint density at radius 2 is 2.22 bits per heavy atom. The Hall–Kier alpha value is -1.33. The average molecular weight is 266 g/mol. The molecule has 0 aliphatic rings. The van der Waals surface area contributed by atoms with Gasteiger partial charge in [-0.3, -0.25) is 0 Å². The van der Waals surface area contributed by atoms with Gasteiger partial charge in [0.15, 0.2) is 0 Å². The first-order chi connectivity index (χ1) is 8.60. The van der Waals surface area contributed by atoms with Crippen LogP contribution in [0.25, 0.3) is 0 Å². The highest BCUT2D eigenvalue weighted by molar-refractivity contribution is 7.99. The second-order valence-electron chi connectivity index (χ2n) is 4.05. The van der Waals surface area contributed by atoms with Crippen LogP contribution >= 0.6 is 11.8 Å². The second-order valence-corrected chi connectivity index (χ2v) is 5.04. The highest BCUT2D eigenvalue weighted by Crippen LogP contribution is 2.33. The summed E-state index contributed by atoms with van der Waals surface area (Å²) in [4.78, 5) is 5.18. The summed E-state index contributed by atoms with van der Waals surface area (Å²) in [6.45, 7) is 3.86. The molecule has 96 valence electrons. The van der Waals surface area contributed by atoms with Crippen molar-refractivity contribution in [2.45, 2.75) is 30.0 Å². The SMILES string of the molecule is CNC(C)c1cc(F)ccc1Sc1nc(C)co1. The topological polar surface area (TPSA) is 38.1 Å². The van der Waals surface area contributed by atoms with Gasteiger partial charge in [-0.05, 0) is 56.4 Å². The van der Waals surface area contributed by atoms with Crippen LogP contribution in [0.3, 0.4) is 0 Å². The zero-order chi connectivity index (χ0) is 13.1. The number of hydrogen-bond acceptors (Lipinski definition) is 4. The normalized spacial score (nSPS) is 12.7. The standard InChI is InChI=1S/C13H15FN2OS/c1-8-7-17-13(16-8)18-12-5-4-10(14)6-11(12)9(2)15-3/h4-7,9,15H,1-3H3. The van der Waals surface area contributed by atoms with Crippen LogP contribution in [-0.4, -0.2) is 12.0 Å². The maximum absolute atomic E-state index is 13.3. The van der Waals surface area contributed by atoms with E-state index in [1.165, 1.54) is 17.8 Å². The molecule has 0 bridgehead atoms. The van der Waals surface area contributed by atoms with E-state index in [-0.39, 0.29) is 11.9 Å². The molecule has 5 heteroatoms. The summed E-state index contributed by atoms with van der Waals surface area (Å²) in [6, 6.07) is 4.81. The summed E-state index contributed by atoms with van der Waals surface area (Å²) in [5, 5.41) is 3.68. The summed E-state index contributed by atoms with van der Waals surface area (Å²) in [7, 11) is 1.85. The predicted octanol–water partition coefficient (Wildman–Crippen LogP) is 3.55. The van der Waals surface area contributed by atoms with Gasteiger partial charge in [-0.1, -0.05) is 0 Å². The van der Waals surface area contributed by atoms with Gasteiger partial charge in [0.1, 0.15) is 12.1 Å². The third-order valence-corrected chi connectivity index (χ3v) is 3.62. The third-order valence-electron chi connectivity index (χ3n) is 2.67. The average Bonchev–Trinajstić information content (AvgIpc) is 2.76. The number of benzene rings is 1. The molecule has 1 unspecified atom stereocenters. The van der Waals surface area contributed by atoms with Crippen LogP contribution in [0.4, 0.5) is 4.39 Å². The second kappa shape index (κ2) is 5.54. The fraction of sp³-hybridized carbons (Fsp3) is 0.308. The minimum Gasteiger partial charge on any atom is -0.439 e. The fourth-order valence-corrected chi connectivity index (χ4v) is 2.54. The van der Waals surface area contributed by atoms with Gasteiger partial charge < -0.3 is 9.73 Å². The van der Waals surface area contributed by atoms with Crippen LogP contribution in [-0.2, 0) is 0 Å². The monoisotopic (exact) mass is 266 g/mol. The number of hydrogen-bond donors (Lipinski definition) is 1. The lowest BCUT2D eigenvalue weighted by molar-refractivity contribution is 0.454. The quantitative estimate of drug-likeness (QED) is 0.918. The largest absolute Gasteiger partial charge is 0.439 e. The van der Waals surface area contributed by atoms with Gasteiger partial charge in [0.2, 0.25) is 0 Å². The maximum atomic E-state index is 13.3. The Morgan fingerprint density at radius 3 is 2.83 bits per heavy atom. The Balaban J connectivity index is 2.31. The first kappa shape index (κ1) is 13.1. The van der Waals surface area contributed by atoms with Crippen molar-refractivity contribution in [3.8, 4) is 0 Å². The van der Waals surface area contributed by atoms with Crippen molar-refractivity contribution in [1.29, 1.82) is 0 Å². The molecule has 2 rings (SSSR count). The van der Waals surface area contributed by atoms with Gasteiger partial charge in [-0.2, -0.15) is 0 Å². The van der Waals surface area contributed by atoms with Gasteiger partial charge in [0, 0.05) is 10.9 Å². The molecule has 1 atom stereocenters. The number of rotatable bonds is 4. The van der Waals surface area contributed by atoms with Crippen LogP contribution in [0.2, 0.25) is 0 Å². The van der Waals surface area contributed by atoms with E-state index in [0.29, 0.717) is 5.22 Å². The van der Waals surface area contributed by atoms with Gasteiger partial charge in [-0.15, -0.1) is 0 Å². The summed E-state index contributed by atoms with van der Waals surface area (Å²) in [5.74, 6) is -0.236. The Morgan fingerprint density at radius 1 is 1.44 bits per heavy atom. The van der Waals surface area contributed by atoms with Crippen molar-refractivity contribution in [3.05, 3.63) is 41.5 Å². The number of aromatic nitrogens is 1. The molecule has 0 aliphatic carbocycles. The number of aryl methyl sites for hydroxylation is 1. The number of nitrogens with zero attached hydrogens (tertiary/aromatic N) is 1. The molecule has 0 radical (unpaired) electrons. The van der Waals surface area contributed by atoms with Crippen molar-refractivity contribution in [1.82, 2.24) is 10.3 Å². The maximum Gasteiger partial charge on any atom is 0.260 e. The number of nitrogens with one attached hydrogen (secondary N) is 1. The van der Waals surface area contributed by atoms with Crippen molar-refractivity contribution in [2.24, 2.45) is 0 Å². The predicted molar refractivity (Wildman–Crippen MR) is 69.2 cm³/mol. The fourth-order valence-electron chi connectivity index (χ4n) is 1.58. The van der Waals surface area contributed by atoms with Gasteiger partial charge >= 0.3 is 0 Å². The molecule has 1 N–H and O–H groups in total. The lowest BCUT2D eigenvalue weighted by Gasteiger charge is -2.14. The Labute approximate surface area is 110 Å². The number of halogens is 1. The Kier molecular flexibility index (Phi) is 4.04. The molecule has 0 amide bonds. The first-order valence-electron chi connectivity index (χ1n) is 5.67. The van der Waals surface area contributed by atoms with Crippen LogP contribution in [0.5, 0.6) is 0 Å². The van der Waals surface area contributed by atoms with Crippen molar-refractivity contribution < 1.29 is 8.81 Å². The van der Waals surface area contributed by atoms with Crippen LogP contribution in [0, 0.1) is 12.7 Å². The molecule has 0 aliphatic heterocycles.